The van der Waals surface area contributed by atoms with Gasteiger partial charge in [0.25, 0.3) is 5.69 Å². The van der Waals surface area contributed by atoms with Crippen LogP contribution in [0.4, 0.5) is 11.4 Å². The van der Waals surface area contributed by atoms with Crippen molar-refractivity contribution < 1.29 is 9.34 Å². The highest BCUT2D eigenvalue weighted by Gasteiger charge is 2.07. The van der Waals surface area contributed by atoms with Crippen LogP contribution in [0, 0.1) is 10.1 Å². The number of aryl methyl sites for hydroxylation is 1. The zero-order valence-electron chi connectivity index (χ0n) is 14.6. The Morgan fingerprint density at radius 2 is 1.77 bits per heavy atom. The standard InChI is InChI=1S/C21H20N2O3/c1-2-3-4-16-5-9-18(10-6-16)22-15-20-13-14-21(26-20)17-7-11-19(12-8-17)23(24)25/h5-15H,2-4H2,1H3. The molecule has 0 bridgehead atoms. The molecule has 2 aromatic carbocycles. The van der Waals surface area contributed by atoms with Crippen molar-refractivity contribution in [3.05, 3.63) is 82.1 Å². The predicted octanol–water partition coefficient (Wildman–Crippen LogP) is 5.95. The molecule has 5 nitrogen and oxygen atoms in total. The Labute approximate surface area is 152 Å². The highest BCUT2D eigenvalue weighted by atomic mass is 16.6. The van der Waals surface area contributed by atoms with Crippen molar-refractivity contribution in [2.45, 2.75) is 26.2 Å². The van der Waals surface area contributed by atoms with E-state index in [1.165, 1.54) is 30.5 Å². The Balaban J connectivity index is 1.67. The Morgan fingerprint density at radius 1 is 1.04 bits per heavy atom. The second-order valence-corrected chi connectivity index (χ2v) is 6.03. The van der Waals surface area contributed by atoms with E-state index >= 15 is 0 Å². The summed E-state index contributed by atoms with van der Waals surface area (Å²) in [5.41, 5.74) is 3.04. The minimum atomic E-state index is -0.419. The molecule has 0 aliphatic rings. The van der Waals surface area contributed by atoms with Crippen LogP contribution in [0.15, 0.2) is 70.1 Å². The van der Waals surface area contributed by atoms with Gasteiger partial charge >= 0.3 is 0 Å². The number of benzene rings is 2. The summed E-state index contributed by atoms with van der Waals surface area (Å²) < 4.78 is 5.75. The highest BCUT2D eigenvalue weighted by Crippen LogP contribution is 2.24. The smallest absolute Gasteiger partial charge is 0.269 e. The SMILES string of the molecule is CCCCc1ccc(N=Cc2ccc(-c3ccc([N+](=O)[O-])cc3)o2)cc1. The maximum atomic E-state index is 10.7. The van der Waals surface area contributed by atoms with Crippen LogP contribution in [-0.4, -0.2) is 11.1 Å². The zero-order valence-corrected chi connectivity index (χ0v) is 14.6. The molecular formula is C21H20N2O3. The number of non-ortho nitro benzene ring substituents is 1. The molecule has 0 spiro atoms. The van der Waals surface area contributed by atoms with Gasteiger partial charge in [-0.3, -0.25) is 15.1 Å². The van der Waals surface area contributed by atoms with Gasteiger partial charge in [-0.1, -0.05) is 25.5 Å². The molecular weight excluding hydrogens is 328 g/mol. The van der Waals surface area contributed by atoms with Gasteiger partial charge in [-0.05, 0) is 54.8 Å². The van der Waals surface area contributed by atoms with Gasteiger partial charge in [0.1, 0.15) is 11.5 Å². The highest BCUT2D eigenvalue weighted by molar-refractivity contribution is 5.80. The predicted molar refractivity (Wildman–Crippen MR) is 103 cm³/mol. The van der Waals surface area contributed by atoms with Gasteiger partial charge in [0.2, 0.25) is 0 Å². The first-order valence-corrected chi connectivity index (χ1v) is 8.63. The fraction of sp³-hybridized carbons (Fsp3) is 0.190. The van der Waals surface area contributed by atoms with Crippen LogP contribution in [0.1, 0.15) is 31.1 Å². The Kier molecular flexibility index (Phi) is 5.59. The van der Waals surface area contributed by atoms with Crippen molar-refractivity contribution in [3.8, 4) is 11.3 Å². The van der Waals surface area contributed by atoms with Crippen LogP contribution in [0.5, 0.6) is 0 Å². The average molecular weight is 348 g/mol. The normalized spacial score (nSPS) is 11.1. The molecule has 5 heteroatoms. The number of furan rings is 1. The third kappa shape index (κ3) is 4.45. The van der Waals surface area contributed by atoms with Crippen LogP contribution >= 0.6 is 0 Å². The lowest BCUT2D eigenvalue weighted by atomic mass is 10.1. The van der Waals surface area contributed by atoms with Gasteiger partial charge in [0.15, 0.2) is 0 Å². The van der Waals surface area contributed by atoms with E-state index < -0.39 is 4.92 Å². The summed E-state index contributed by atoms with van der Waals surface area (Å²) in [5.74, 6) is 1.28. The fourth-order valence-corrected chi connectivity index (χ4v) is 2.59. The number of aliphatic imine (C=N–C) groups is 1. The van der Waals surface area contributed by atoms with Gasteiger partial charge in [-0.2, -0.15) is 0 Å². The molecule has 0 aliphatic carbocycles. The van der Waals surface area contributed by atoms with Crippen LogP contribution in [-0.2, 0) is 6.42 Å². The van der Waals surface area contributed by atoms with Crippen molar-refractivity contribution in [2.75, 3.05) is 0 Å². The van der Waals surface area contributed by atoms with E-state index in [1.54, 1.807) is 18.3 Å². The van der Waals surface area contributed by atoms with E-state index in [9.17, 15) is 10.1 Å². The Bertz CT molecular complexity index is 894. The van der Waals surface area contributed by atoms with E-state index in [2.05, 4.69) is 24.0 Å². The van der Waals surface area contributed by atoms with Crippen LogP contribution in [0.2, 0.25) is 0 Å². The van der Waals surface area contributed by atoms with Gasteiger partial charge < -0.3 is 4.42 Å². The van der Waals surface area contributed by atoms with Gasteiger partial charge in [0.05, 0.1) is 16.8 Å². The van der Waals surface area contributed by atoms with Crippen LogP contribution < -0.4 is 0 Å². The maximum absolute atomic E-state index is 10.7. The van der Waals surface area contributed by atoms with Crippen LogP contribution in [0.25, 0.3) is 11.3 Å². The molecule has 0 saturated heterocycles. The number of nitro groups is 1. The summed E-state index contributed by atoms with van der Waals surface area (Å²) in [6, 6.07) is 18.1. The summed E-state index contributed by atoms with van der Waals surface area (Å²) in [7, 11) is 0. The van der Waals surface area contributed by atoms with Crippen molar-refractivity contribution in [3.63, 3.8) is 0 Å². The maximum Gasteiger partial charge on any atom is 0.269 e. The fourth-order valence-electron chi connectivity index (χ4n) is 2.59. The number of nitro benzene ring substituents is 1. The molecule has 3 rings (SSSR count). The molecule has 0 aliphatic heterocycles. The van der Waals surface area contributed by atoms with Crippen molar-refractivity contribution in [2.24, 2.45) is 4.99 Å². The van der Waals surface area contributed by atoms with E-state index in [0.717, 1.165) is 17.7 Å². The van der Waals surface area contributed by atoms with Crippen molar-refractivity contribution in [1.29, 1.82) is 0 Å². The van der Waals surface area contributed by atoms with Crippen molar-refractivity contribution >= 4 is 17.6 Å². The molecule has 3 aromatic rings. The molecule has 0 radical (unpaired) electrons. The first-order chi connectivity index (χ1) is 12.7. The lowest BCUT2D eigenvalue weighted by molar-refractivity contribution is -0.384. The monoisotopic (exact) mass is 348 g/mol. The number of hydrogen-bond donors (Lipinski definition) is 0. The largest absolute Gasteiger partial charge is 0.455 e. The van der Waals surface area contributed by atoms with Gasteiger partial charge in [-0.15, -0.1) is 0 Å². The number of hydrogen-bond acceptors (Lipinski definition) is 4. The van der Waals surface area contributed by atoms with Crippen molar-refractivity contribution in [1.82, 2.24) is 0 Å². The minimum Gasteiger partial charge on any atom is -0.455 e. The summed E-state index contributed by atoms with van der Waals surface area (Å²) in [6.45, 7) is 2.19. The molecule has 0 amide bonds. The van der Waals surface area contributed by atoms with E-state index in [0.29, 0.717) is 11.5 Å². The summed E-state index contributed by atoms with van der Waals surface area (Å²) in [4.78, 5) is 14.7. The van der Waals surface area contributed by atoms with Gasteiger partial charge in [-0.25, -0.2) is 0 Å². The zero-order chi connectivity index (χ0) is 18.4. The second-order valence-electron chi connectivity index (χ2n) is 6.03. The summed E-state index contributed by atoms with van der Waals surface area (Å²) in [5, 5.41) is 10.7. The first-order valence-electron chi connectivity index (χ1n) is 8.63. The molecule has 1 heterocycles. The lowest BCUT2D eigenvalue weighted by Crippen LogP contribution is -1.86. The third-order valence-corrected chi connectivity index (χ3v) is 4.09. The molecule has 0 saturated carbocycles. The molecule has 0 fully saturated rings. The lowest BCUT2D eigenvalue weighted by Gasteiger charge is -2.00. The van der Waals surface area contributed by atoms with E-state index in [4.69, 9.17) is 4.42 Å². The average Bonchev–Trinajstić information content (AvgIpc) is 3.14. The van der Waals surface area contributed by atoms with Crippen LogP contribution in [0.3, 0.4) is 0 Å². The number of nitrogens with zero attached hydrogens (tertiary/aromatic N) is 2. The topological polar surface area (TPSA) is 68.6 Å². The molecule has 132 valence electrons. The van der Waals surface area contributed by atoms with Gasteiger partial charge in [0, 0.05) is 17.7 Å². The molecule has 0 atom stereocenters. The minimum absolute atomic E-state index is 0.0597. The Morgan fingerprint density at radius 3 is 2.42 bits per heavy atom. The van der Waals surface area contributed by atoms with E-state index in [1.807, 2.05) is 24.3 Å². The molecule has 26 heavy (non-hydrogen) atoms. The third-order valence-electron chi connectivity index (χ3n) is 4.09. The first kappa shape index (κ1) is 17.6. The molecule has 1 aromatic heterocycles. The number of rotatable bonds is 7. The quantitative estimate of drug-likeness (QED) is 0.301. The summed E-state index contributed by atoms with van der Waals surface area (Å²) in [6.07, 6.45) is 5.16. The molecule has 0 unspecified atom stereocenters. The molecule has 0 N–H and O–H groups in total. The number of unbranched alkanes of at least 4 members (excludes halogenated alkanes) is 1. The Hall–Kier alpha value is -3.21. The van der Waals surface area contributed by atoms with E-state index in [-0.39, 0.29) is 5.69 Å². The summed E-state index contributed by atoms with van der Waals surface area (Å²) >= 11 is 0. The second kappa shape index (κ2) is 8.25.